The second kappa shape index (κ2) is 5.77. The van der Waals surface area contributed by atoms with Crippen molar-refractivity contribution in [3.05, 3.63) is 41.0 Å². The molecule has 4 heteroatoms. The van der Waals surface area contributed by atoms with Gasteiger partial charge in [0.05, 0.1) is 4.83 Å². The summed E-state index contributed by atoms with van der Waals surface area (Å²) in [7, 11) is 0. The molecule has 1 atom stereocenters. The van der Waals surface area contributed by atoms with Crippen molar-refractivity contribution < 1.29 is 14.7 Å². The maximum atomic E-state index is 11.3. The number of benzene rings is 1. The molecule has 0 aliphatic heterocycles. The maximum Gasteiger partial charge on any atom is 0.328 e. The Morgan fingerprint density at radius 1 is 1.41 bits per heavy atom. The van der Waals surface area contributed by atoms with E-state index in [1.807, 2.05) is 19.1 Å². The van der Waals surface area contributed by atoms with Gasteiger partial charge < -0.3 is 5.11 Å². The van der Waals surface area contributed by atoms with E-state index < -0.39 is 5.97 Å². The van der Waals surface area contributed by atoms with Crippen LogP contribution in [0.25, 0.3) is 6.08 Å². The fourth-order valence-corrected chi connectivity index (χ4v) is 2.00. The van der Waals surface area contributed by atoms with Crippen molar-refractivity contribution in [2.75, 3.05) is 0 Å². The van der Waals surface area contributed by atoms with E-state index in [0.717, 1.165) is 22.8 Å². The molecular weight excluding hydrogens is 284 g/mol. The van der Waals surface area contributed by atoms with E-state index in [2.05, 4.69) is 15.9 Å². The second-order valence-corrected chi connectivity index (χ2v) is 4.62. The number of carboxylic acids is 1. The van der Waals surface area contributed by atoms with Crippen LogP contribution >= 0.6 is 15.9 Å². The fraction of sp³-hybridized carbons (Fsp3) is 0.231. The molecule has 0 spiro atoms. The Bertz CT molecular complexity index is 478. The van der Waals surface area contributed by atoms with Crippen LogP contribution in [0.5, 0.6) is 0 Å². The highest BCUT2D eigenvalue weighted by Crippen LogP contribution is 2.28. The Balaban J connectivity index is 3.16. The van der Waals surface area contributed by atoms with Crippen LogP contribution in [0.2, 0.25) is 0 Å². The number of rotatable bonds is 4. The molecule has 0 heterocycles. The minimum absolute atomic E-state index is 0.0208. The van der Waals surface area contributed by atoms with Crippen LogP contribution in [0.3, 0.4) is 0 Å². The third kappa shape index (κ3) is 3.53. The monoisotopic (exact) mass is 296 g/mol. The Labute approximate surface area is 108 Å². The zero-order valence-corrected chi connectivity index (χ0v) is 11.2. The molecule has 0 amide bonds. The molecule has 1 N–H and O–H groups in total. The average molecular weight is 297 g/mol. The smallest absolute Gasteiger partial charge is 0.328 e. The molecule has 0 aliphatic rings. The summed E-state index contributed by atoms with van der Waals surface area (Å²) in [4.78, 5) is 21.4. The van der Waals surface area contributed by atoms with Crippen LogP contribution in [0, 0.1) is 6.92 Å². The zero-order valence-electron chi connectivity index (χ0n) is 9.61. The van der Waals surface area contributed by atoms with Crippen LogP contribution < -0.4 is 0 Å². The molecule has 1 aromatic rings. The molecule has 1 unspecified atom stereocenters. The lowest BCUT2D eigenvalue weighted by atomic mass is 9.98. The molecule has 0 saturated heterocycles. The lowest BCUT2D eigenvalue weighted by molar-refractivity contribution is -0.131. The van der Waals surface area contributed by atoms with Crippen LogP contribution in [0.1, 0.15) is 28.4 Å². The molecule has 17 heavy (non-hydrogen) atoms. The summed E-state index contributed by atoms with van der Waals surface area (Å²) in [5.74, 6) is -0.968. The predicted octanol–water partition coefficient (Wildman–Crippen LogP) is 3.12. The van der Waals surface area contributed by atoms with Crippen LogP contribution in [-0.2, 0) is 9.59 Å². The first-order chi connectivity index (χ1) is 7.93. The Morgan fingerprint density at radius 3 is 2.59 bits per heavy atom. The Hall–Kier alpha value is -1.42. The van der Waals surface area contributed by atoms with Gasteiger partial charge in [-0.3, -0.25) is 4.79 Å². The number of carbonyl (C=O) groups is 2. The number of ketones is 1. The van der Waals surface area contributed by atoms with Gasteiger partial charge in [-0.2, -0.15) is 0 Å². The molecular formula is C13H13BrO3. The van der Waals surface area contributed by atoms with Crippen molar-refractivity contribution in [1.29, 1.82) is 0 Å². The first kappa shape index (κ1) is 13.6. The average Bonchev–Trinajstić information content (AvgIpc) is 2.26. The quantitative estimate of drug-likeness (QED) is 0.686. The SMILES string of the molecule is CC(=O)C(Br)c1cccc(/C=C/C(=O)O)c1C. The molecule has 0 aromatic heterocycles. The van der Waals surface area contributed by atoms with Crippen molar-refractivity contribution in [3.63, 3.8) is 0 Å². The van der Waals surface area contributed by atoms with Gasteiger partial charge in [-0.25, -0.2) is 4.79 Å². The van der Waals surface area contributed by atoms with Gasteiger partial charge in [0.1, 0.15) is 5.78 Å². The number of hydrogen-bond donors (Lipinski definition) is 1. The van der Waals surface area contributed by atoms with E-state index in [1.165, 1.54) is 13.0 Å². The molecule has 0 fully saturated rings. The molecule has 0 bridgehead atoms. The van der Waals surface area contributed by atoms with E-state index in [4.69, 9.17) is 5.11 Å². The third-order valence-corrected chi connectivity index (χ3v) is 3.59. The van der Waals surface area contributed by atoms with Gasteiger partial charge in [0.15, 0.2) is 0 Å². The Kier molecular flexibility index (Phi) is 4.63. The van der Waals surface area contributed by atoms with Crippen molar-refractivity contribution in [2.24, 2.45) is 0 Å². The van der Waals surface area contributed by atoms with Crippen molar-refractivity contribution in [1.82, 2.24) is 0 Å². The van der Waals surface area contributed by atoms with Crippen molar-refractivity contribution in [2.45, 2.75) is 18.7 Å². The summed E-state index contributed by atoms with van der Waals surface area (Å²) >= 11 is 3.33. The van der Waals surface area contributed by atoms with Crippen LogP contribution in [0.15, 0.2) is 24.3 Å². The number of alkyl halides is 1. The highest BCUT2D eigenvalue weighted by molar-refractivity contribution is 9.09. The van der Waals surface area contributed by atoms with Gasteiger partial charge in [-0.05, 0) is 36.6 Å². The first-order valence-corrected chi connectivity index (χ1v) is 6.00. The molecule has 0 aliphatic carbocycles. The summed E-state index contributed by atoms with van der Waals surface area (Å²) in [6.07, 6.45) is 2.62. The van der Waals surface area contributed by atoms with E-state index in [0.29, 0.717) is 0 Å². The number of carboxylic acid groups (broad SMARTS) is 1. The van der Waals surface area contributed by atoms with E-state index in [9.17, 15) is 9.59 Å². The summed E-state index contributed by atoms with van der Waals surface area (Å²) < 4.78 is 0. The highest BCUT2D eigenvalue weighted by Gasteiger charge is 2.15. The van der Waals surface area contributed by atoms with Crippen LogP contribution in [0.4, 0.5) is 0 Å². The summed E-state index contributed by atoms with van der Waals surface area (Å²) in [6.45, 7) is 3.38. The second-order valence-electron chi connectivity index (χ2n) is 3.71. The minimum atomic E-state index is -0.989. The lowest BCUT2D eigenvalue weighted by Gasteiger charge is -2.12. The van der Waals surface area contributed by atoms with Gasteiger partial charge in [-0.15, -0.1) is 0 Å². The van der Waals surface area contributed by atoms with E-state index >= 15 is 0 Å². The van der Waals surface area contributed by atoms with E-state index in [-0.39, 0.29) is 10.6 Å². The standard InChI is InChI=1S/C13H13BrO3/c1-8-10(6-7-12(16)17)4-3-5-11(8)13(14)9(2)15/h3-7,13H,1-2H3,(H,16,17)/b7-6+. The topological polar surface area (TPSA) is 54.4 Å². The summed E-state index contributed by atoms with van der Waals surface area (Å²) in [6, 6.07) is 5.48. The lowest BCUT2D eigenvalue weighted by Crippen LogP contribution is -2.04. The van der Waals surface area contributed by atoms with Gasteiger partial charge in [0.25, 0.3) is 0 Å². The first-order valence-electron chi connectivity index (χ1n) is 5.08. The van der Waals surface area contributed by atoms with Gasteiger partial charge in [0, 0.05) is 6.08 Å². The molecule has 0 saturated carbocycles. The number of carbonyl (C=O) groups excluding carboxylic acids is 1. The minimum Gasteiger partial charge on any atom is -0.478 e. The summed E-state index contributed by atoms with van der Waals surface area (Å²) in [5, 5.41) is 8.58. The van der Waals surface area contributed by atoms with Crippen molar-refractivity contribution in [3.8, 4) is 0 Å². The fourth-order valence-electron chi connectivity index (χ4n) is 1.51. The molecule has 3 nitrogen and oxygen atoms in total. The molecule has 1 rings (SSSR count). The largest absolute Gasteiger partial charge is 0.478 e. The predicted molar refractivity (Wildman–Crippen MR) is 70.2 cm³/mol. The Morgan fingerprint density at radius 2 is 2.06 bits per heavy atom. The molecule has 0 radical (unpaired) electrons. The highest BCUT2D eigenvalue weighted by atomic mass is 79.9. The van der Waals surface area contributed by atoms with Gasteiger partial charge in [-0.1, -0.05) is 34.1 Å². The zero-order chi connectivity index (χ0) is 13.0. The summed E-state index contributed by atoms with van der Waals surface area (Å²) in [5.41, 5.74) is 2.57. The van der Waals surface area contributed by atoms with E-state index in [1.54, 1.807) is 6.07 Å². The van der Waals surface area contributed by atoms with Gasteiger partial charge >= 0.3 is 5.97 Å². The maximum absolute atomic E-state index is 11.3. The van der Waals surface area contributed by atoms with Gasteiger partial charge in [0.2, 0.25) is 0 Å². The number of halogens is 1. The third-order valence-electron chi connectivity index (χ3n) is 2.45. The van der Waals surface area contributed by atoms with Crippen LogP contribution in [-0.4, -0.2) is 16.9 Å². The number of aliphatic carboxylic acids is 1. The number of Topliss-reactive ketones (excluding diaryl/α,β-unsaturated/α-hetero) is 1. The number of hydrogen-bond acceptors (Lipinski definition) is 2. The molecule has 1 aromatic carbocycles. The normalized spacial score (nSPS) is 12.6. The van der Waals surface area contributed by atoms with Crippen molar-refractivity contribution >= 4 is 33.8 Å². The molecule has 90 valence electrons.